The highest BCUT2D eigenvalue weighted by Gasteiger charge is 2.20. The van der Waals surface area contributed by atoms with Crippen molar-refractivity contribution in [3.63, 3.8) is 0 Å². The lowest BCUT2D eigenvalue weighted by Gasteiger charge is -2.21. The lowest BCUT2D eigenvalue weighted by molar-refractivity contribution is 0.0985. The van der Waals surface area contributed by atoms with E-state index in [9.17, 15) is 4.79 Å². The zero-order chi connectivity index (χ0) is 10.8. The van der Waals surface area contributed by atoms with Crippen molar-refractivity contribution in [1.82, 2.24) is 4.98 Å². The molecule has 0 atom stereocenters. The van der Waals surface area contributed by atoms with Gasteiger partial charge in [0.15, 0.2) is 5.78 Å². The van der Waals surface area contributed by atoms with Crippen molar-refractivity contribution in [2.45, 2.75) is 39.5 Å². The smallest absolute Gasteiger partial charge is 0.164 e. The molecule has 0 N–H and O–H groups in total. The van der Waals surface area contributed by atoms with Crippen molar-refractivity contribution in [1.29, 1.82) is 0 Å². The summed E-state index contributed by atoms with van der Waals surface area (Å²) < 4.78 is 0. The molecule has 0 aliphatic rings. The predicted octanol–water partition coefficient (Wildman–Crippen LogP) is 2.97. The molecule has 0 spiro atoms. The largest absolute Gasteiger partial charge is 0.294 e. The van der Waals surface area contributed by atoms with Crippen LogP contribution in [0.2, 0.25) is 0 Å². The number of pyridine rings is 1. The number of Topliss-reactive ketones (excluding diaryl/α,β-unsaturated/α-hetero) is 1. The van der Waals surface area contributed by atoms with Crippen LogP contribution in [0, 0.1) is 0 Å². The first-order valence-corrected chi connectivity index (χ1v) is 4.94. The van der Waals surface area contributed by atoms with E-state index in [1.807, 2.05) is 13.0 Å². The first-order valence-electron chi connectivity index (χ1n) is 4.94. The minimum Gasteiger partial charge on any atom is -0.294 e. The second-order valence-corrected chi connectivity index (χ2v) is 4.45. The highest BCUT2D eigenvalue weighted by molar-refractivity contribution is 5.97. The minimum atomic E-state index is 0.00308. The van der Waals surface area contributed by atoms with Crippen LogP contribution >= 0.6 is 0 Å². The van der Waals surface area contributed by atoms with E-state index in [0.717, 1.165) is 11.1 Å². The summed E-state index contributed by atoms with van der Waals surface area (Å²) in [7, 11) is 0. The zero-order valence-corrected chi connectivity index (χ0v) is 9.29. The van der Waals surface area contributed by atoms with Crippen molar-refractivity contribution in [2.24, 2.45) is 0 Å². The fourth-order valence-corrected chi connectivity index (χ4v) is 1.46. The van der Waals surface area contributed by atoms with Crippen LogP contribution in [0.1, 0.15) is 50.0 Å². The normalized spacial score (nSPS) is 11.4. The zero-order valence-electron chi connectivity index (χ0n) is 9.29. The van der Waals surface area contributed by atoms with Crippen molar-refractivity contribution < 1.29 is 4.79 Å². The molecule has 76 valence electrons. The second kappa shape index (κ2) is 3.91. The molecule has 2 heteroatoms. The van der Waals surface area contributed by atoms with Gasteiger partial charge in [-0.1, -0.05) is 27.7 Å². The number of rotatable bonds is 2. The van der Waals surface area contributed by atoms with Crippen LogP contribution in [0.25, 0.3) is 0 Å². The number of ketones is 1. The number of hydrogen-bond acceptors (Lipinski definition) is 2. The average molecular weight is 191 g/mol. The molecule has 0 fully saturated rings. The van der Waals surface area contributed by atoms with Gasteiger partial charge in [-0.25, -0.2) is 0 Å². The van der Waals surface area contributed by atoms with Gasteiger partial charge in [0.25, 0.3) is 0 Å². The number of carbonyl (C=O) groups is 1. The molecule has 0 radical (unpaired) electrons. The molecule has 14 heavy (non-hydrogen) atoms. The van der Waals surface area contributed by atoms with E-state index in [4.69, 9.17) is 0 Å². The molecule has 1 aromatic heterocycles. The monoisotopic (exact) mass is 191 g/mol. The quantitative estimate of drug-likeness (QED) is 0.673. The summed E-state index contributed by atoms with van der Waals surface area (Å²) in [5.74, 6) is 0.169. The van der Waals surface area contributed by atoms with Crippen molar-refractivity contribution >= 4 is 5.78 Å². The Morgan fingerprint density at radius 2 is 2.07 bits per heavy atom. The Morgan fingerprint density at radius 1 is 1.43 bits per heavy atom. The van der Waals surface area contributed by atoms with E-state index in [2.05, 4.69) is 25.8 Å². The van der Waals surface area contributed by atoms with E-state index in [1.165, 1.54) is 0 Å². The lowest BCUT2D eigenvalue weighted by Crippen LogP contribution is -2.16. The van der Waals surface area contributed by atoms with Gasteiger partial charge in [-0.2, -0.15) is 0 Å². The second-order valence-electron chi connectivity index (χ2n) is 4.45. The molecule has 0 saturated heterocycles. The van der Waals surface area contributed by atoms with Gasteiger partial charge in [-0.15, -0.1) is 0 Å². The molecule has 0 aliphatic heterocycles. The van der Waals surface area contributed by atoms with Crippen molar-refractivity contribution in [2.75, 3.05) is 0 Å². The predicted molar refractivity (Wildman–Crippen MR) is 57.6 cm³/mol. The van der Waals surface area contributed by atoms with Crippen molar-refractivity contribution in [3.05, 3.63) is 29.6 Å². The highest BCUT2D eigenvalue weighted by atomic mass is 16.1. The molecule has 0 unspecified atom stereocenters. The summed E-state index contributed by atoms with van der Waals surface area (Å²) in [4.78, 5) is 15.6. The third-order valence-electron chi connectivity index (χ3n) is 2.25. The molecule has 0 saturated carbocycles. The maximum Gasteiger partial charge on any atom is 0.164 e. The van der Waals surface area contributed by atoms with Gasteiger partial charge < -0.3 is 0 Å². The van der Waals surface area contributed by atoms with Crippen LogP contribution in [-0.2, 0) is 5.41 Å². The maximum absolute atomic E-state index is 11.6. The summed E-state index contributed by atoms with van der Waals surface area (Å²) in [5, 5.41) is 0. The van der Waals surface area contributed by atoms with Crippen LogP contribution in [0.15, 0.2) is 18.5 Å². The minimum absolute atomic E-state index is 0.00308. The number of aromatic nitrogens is 1. The Kier molecular flexibility index (Phi) is 3.04. The van der Waals surface area contributed by atoms with E-state index in [1.54, 1.807) is 12.4 Å². The van der Waals surface area contributed by atoms with Gasteiger partial charge in [0.05, 0.1) is 0 Å². The van der Waals surface area contributed by atoms with E-state index >= 15 is 0 Å². The lowest BCUT2D eigenvalue weighted by atomic mass is 9.83. The van der Waals surface area contributed by atoms with E-state index in [-0.39, 0.29) is 11.2 Å². The fraction of sp³-hybridized carbons (Fsp3) is 0.500. The Bertz CT molecular complexity index is 336. The van der Waals surface area contributed by atoms with Gasteiger partial charge in [-0.3, -0.25) is 9.78 Å². The van der Waals surface area contributed by atoms with Gasteiger partial charge in [0, 0.05) is 24.4 Å². The van der Waals surface area contributed by atoms with E-state index < -0.39 is 0 Å². The Morgan fingerprint density at radius 3 is 2.57 bits per heavy atom. The summed E-state index contributed by atoms with van der Waals surface area (Å²) >= 11 is 0. The third kappa shape index (κ3) is 2.19. The first-order chi connectivity index (χ1) is 6.46. The molecule has 0 amide bonds. The molecule has 0 aliphatic carbocycles. The molecule has 1 rings (SSSR count). The summed E-state index contributed by atoms with van der Waals surface area (Å²) in [6.45, 7) is 8.19. The van der Waals surface area contributed by atoms with Crippen LogP contribution in [-0.4, -0.2) is 10.8 Å². The number of hydrogen-bond donors (Lipinski definition) is 0. The highest BCUT2D eigenvalue weighted by Crippen LogP contribution is 2.25. The maximum atomic E-state index is 11.6. The average Bonchev–Trinajstić information content (AvgIpc) is 2.15. The number of carbonyl (C=O) groups excluding carboxylic acids is 1. The summed E-state index contributed by atoms with van der Waals surface area (Å²) in [6.07, 6.45) is 3.95. The third-order valence-corrected chi connectivity index (χ3v) is 2.25. The summed E-state index contributed by atoms with van der Waals surface area (Å²) in [6, 6.07) is 1.93. The van der Waals surface area contributed by atoms with Gasteiger partial charge in [0.1, 0.15) is 0 Å². The van der Waals surface area contributed by atoms with Crippen LogP contribution in [0.3, 0.4) is 0 Å². The van der Waals surface area contributed by atoms with Gasteiger partial charge in [0.2, 0.25) is 0 Å². The Labute approximate surface area is 85.4 Å². The molecule has 0 aromatic carbocycles. The molecule has 0 bridgehead atoms. The standard InChI is InChI=1S/C12H17NO/c1-5-11(14)9-8-13-7-6-10(9)12(2,3)4/h6-8H,5H2,1-4H3. The number of nitrogens with zero attached hydrogens (tertiary/aromatic N) is 1. The topological polar surface area (TPSA) is 30.0 Å². The van der Waals surface area contributed by atoms with Crippen LogP contribution in [0.4, 0.5) is 0 Å². The van der Waals surface area contributed by atoms with Crippen molar-refractivity contribution in [3.8, 4) is 0 Å². The molecule has 1 aromatic rings. The van der Waals surface area contributed by atoms with E-state index in [0.29, 0.717) is 6.42 Å². The summed E-state index contributed by atoms with van der Waals surface area (Å²) in [5.41, 5.74) is 1.85. The molecular formula is C12H17NO. The van der Waals surface area contributed by atoms with Gasteiger partial charge >= 0.3 is 0 Å². The molecule has 1 heterocycles. The molecule has 2 nitrogen and oxygen atoms in total. The Hall–Kier alpha value is -1.18. The fourth-order valence-electron chi connectivity index (χ4n) is 1.46. The molecular weight excluding hydrogens is 174 g/mol. The first kappa shape index (κ1) is 10.9. The van der Waals surface area contributed by atoms with Crippen LogP contribution < -0.4 is 0 Å². The van der Waals surface area contributed by atoms with Crippen LogP contribution in [0.5, 0.6) is 0 Å². The SMILES string of the molecule is CCC(=O)c1cnccc1C(C)(C)C. The Balaban J connectivity index is 3.23. The van der Waals surface area contributed by atoms with Gasteiger partial charge in [-0.05, 0) is 17.0 Å².